The van der Waals surface area contributed by atoms with Gasteiger partial charge in [0.2, 0.25) is 11.6 Å². The Morgan fingerprint density at radius 1 is 1.05 bits per heavy atom. The van der Waals surface area contributed by atoms with E-state index < -0.39 is 11.7 Å². The molecule has 114 valence electrons. The fourth-order valence-electron chi connectivity index (χ4n) is 2.09. The average molecular weight is 308 g/mol. The van der Waals surface area contributed by atoms with Crippen LogP contribution in [-0.2, 0) is 12.6 Å². The van der Waals surface area contributed by atoms with Gasteiger partial charge in [0.1, 0.15) is 0 Å². The zero-order chi connectivity index (χ0) is 15.9. The predicted octanol–water partition coefficient (Wildman–Crippen LogP) is 1.90. The lowest BCUT2D eigenvalue weighted by Crippen LogP contribution is -2.06. The van der Waals surface area contributed by atoms with E-state index in [9.17, 15) is 13.2 Å². The molecule has 3 aromatic rings. The molecule has 0 saturated carbocycles. The lowest BCUT2D eigenvalue weighted by molar-refractivity contribution is -0.137. The number of rotatable bonds is 2. The van der Waals surface area contributed by atoms with Crippen molar-refractivity contribution in [1.82, 2.24) is 19.6 Å². The van der Waals surface area contributed by atoms with Gasteiger partial charge >= 0.3 is 6.18 Å². The van der Waals surface area contributed by atoms with Crippen LogP contribution in [0.25, 0.3) is 5.65 Å². The van der Waals surface area contributed by atoms with E-state index in [4.69, 9.17) is 11.5 Å². The second-order valence-corrected chi connectivity index (χ2v) is 4.74. The van der Waals surface area contributed by atoms with Crippen LogP contribution in [0.2, 0.25) is 0 Å². The summed E-state index contributed by atoms with van der Waals surface area (Å²) in [7, 11) is 0. The summed E-state index contributed by atoms with van der Waals surface area (Å²) in [6.45, 7) is 0. The number of nitrogens with zero attached hydrogens (tertiary/aromatic N) is 4. The molecule has 0 spiro atoms. The highest BCUT2D eigenvalue weighted by Crippen LogP contribution is 2.29. The quantitative estimate of drug-likeness (QED) is 0.754. The molecule has 0 aliphatic carbocycles. The van der Waals surface area contributed by atoms with Crippen LogP contribution in [-0.4, -0.2) is 19.6 Å². The molecule has 2 aromatic heterocycles. The van der Waals surface area contributed by atoms with Crippen molar-refractivity contribution in [2.45, 2.75) is 12.6 Å². The molecule has 0 unspecified atom stereocenters. The number of aromatic nitrogens is 4. The Hall–Kier alpha value is -2.84. The first-order valence-electron chi connectivity index (χ1n) is 6.26. The van der Waals surface area contributed by atoms with Crippen molar-refractivity contribution in [3.8, 4) is 0 Å². The standard InChI is InChI=1S/C13H11F3N6/c14-13(15,16)8-3-1-7(2-4-8)5-9-6-22-11(10(17)19-9)20-21-12(22)18/h1-4,6H,5H2,(H2,17,19)(H2,18,21). The van der Waals surface area contributed by atoms with Gasteiger partial charge in [-0.25, -0.2) is 4.98 Å². The van der Waals surface area contributed by atoms with Crippen LogP contribution in [0.15, 0.2) is 30.5 Å². The summed E-state index contributed by atoms with van der Waals surface area (Å²) in [6.07, 6.45) is -2.42. The Morgan fingerprint density at radius 3 is 2.36 bits per heavy atom. The molecule has 0 aliphatic heterocycles. The maximum absolute atomic E-state index is 12.5. The highest BCUT2D eigenvalue weighted by Gasteiger charge is 2.29. The smallest absolute Gasteiger partial charge is 0.381 e. The molecular weight excluding hydrogens is 297 g/mol. The number of halogens is 3. The minimum atomic E-state index is -4.35. The van der Waals surface area contributed by atoms with Crippen molar-refractivity contribution in [3.05, 3.63) is 47.3 Å². The third-order valence-corrected chi connectivity index (χ3v) is 3.16. The molecular formula is C13H11F3N6. The van der Waals surface area contributed by atoms with Gasteiger partial charge in [-0.3, -0.25) is 4.40 Å². The number of hydrogen-bond acceptors (Lipinski definition) is 5. The van der Waals surface area contributed by atoms with Crippen LogP contribution >= 0.6 is 0 Å². The molecule has 0 fully saturated rings. The molecule has 0 radical (unpaired) electrons. The molecule has 1 aromatic carbocycles. The van der Waals surface area contributed by atoms with Gasteiger partial charge in [0, 0.05) is 12.6 Å². The summed E-state index contributed by atoms with van der Waals surface area (Å²) in [4.78, 5) is 4.16. The predicted molar refractivity (Wildman–Crippen MR) is 73.9 cm³/mol. The molecule has 0 aliphatic rings. The van der Waals surface area contributed by atoms with Crippen LogP contribution in [0.5, 0.6) is 0 Å². The van der Waals surface area contributed by atoms with Crippen LogP contribution in [0.4, 0.5) is 24.9 Å². The summed E-state index contributed by atoms with van der Waals surface area (Å²) in [5.41, 5.74) is 12.3. The van der Waals surface area contributed by atoms with Gasteiger partial charge in [0.25, 0.3) is 0 Å². The fourth-order valence-corrected chi connectivity index (χ4v) is 2.09. The van der Waals surface area contributed by atoms with Crippen molar-refractivity contribution < 1.29 is 13.2 Å². The van der Waals surface area contributed by atoms with Gasteiger partial charge in [0.05, 0.1) is 11.3 Å². The summed E-state index contributed by atoms with van der Waals surface area (Å²) in [5.74, 6) is 0.325. The van der Waals surface area contributed by atoms with Crippen LogP contribution in [0, 0.1) is 0 Å². The van der Waals surface area contributed by atoms with Crippen LogP contribution in [0.1, 0.15) is 16.8 Å². The Labute approximate surface area is 122 Å². The summed E-state index contributed by atoms with van der Waals surface area (Å²) < 4.78 is 39.1. The summed E-state index contributed by atoms with van der Waals surface area (Å²) in [6, 6.07) is 4.87. The van der Waals surface area contributed by atoms with Gasteiger partial charge in [-0.15, -0.1) is 10.2 Å². The highest BCUT2D eigenvalue weighted by atomic mass is 19.4. The number of alkyl halides is 3. The second kappa shape index (κ2) is 4.86. The van der Waals surface area contributed by atoms with Crippen molar-refractivity contribution in [2.24, 2.45) is 0 Å². The zero-order valence-electron chi connectivity index (χ0n) is 11.2. The van der Waals surface area contributed by atoms with Gasteiger partial charge in [-0.1, -0.05) is 12.1 Å². The molecule has 6 nitrogen and oxygen atoms in total. The first-order chi connectivity index (χ1) is 10.3. The van der Waals surface area contributed by atoms with E-state index >= 15 is 0 Å². The van der Waals surface area contributed by atoms with E-state index in [2.05, 4.69) is 15.2 Å². The molecule has 0 atom stereocenters. The normalized spacial score (nSPS) is 12.0. The topological polar surface area (TPSA) is 95.1 Å². The Balaban J connectivity index is 1.91. The molecule has 2 heterocycles. The maximum atomic E-state index is 12.5. The van der Waals surface area contributed by atoms with Gasteiger partial charge < -0.3 is 11.5 Å². The first-order valence-corrected chi connectivity index (χ1v) is 6.26. The van der Waals surface area contributed by atoms with Crippen molar-refractivity contribution in [2.75, 3.05) is 11.5 Å². The number of benzene rings is 1. The van der Waals surface area contributed by atoms with E-state index in [1.807, 2.05) is 0 Å². The molecule has 4 N–H and O–H groups in total. The minimum absolute atomic E-state index is 0.161. The molecule has 3 rings (SSSR count). The SMILES string of the molecule is Nc1nc(Cc2ccc(C(F)(F)F)cc2)cn2c(N)nnc12. The third kappa shape index (κ3) is 2.52. The van der Waals surface area contributed by atoms with E-state index in [1.165, 1.54) is 16.5 Å². The number of anilines is 2. The highest BCUT2D eigenvalue weighted by molar-refractivity contribution is 5.61. The fraction of sp³-hybridized carbons (Fsp3) is 0.154. The van der Waals surface area contributed by atoms with Crippen molar-refractivity contribution in [1.29, 1.82) is 0 Å². The Bertz CT molecular complexity index is 822. The van der Waals surface area contributed by atoms with E-state index in [0.29, 0.717) is 23.3 Å². The van der Waals surface area contributed by atoms with Gasteiger partial charge in [-0.05, 0) is 17.7 Å². The Kier molecular flexibility index (Phi) is 3.12. The monoisotopic (exact) mass is 308 g/mol. The lowest BCUT2D eigenvalue weighted by Gasteiger charge is -2.08. The number of hydrogen-bond donors (Lipinski definition) is 2. The largest absolute Gasteiger partial charge is 0.416 e. The average Bonchev–Trinajstić information content (AvgIpc) is 2.81. The first kappa shape index (κ1) is 14.1. The maximum Gasteiger partial charge on any atom is 0.416 e. The van der Waals surface area contributed by atoms with E-state index in [0.717, 1.165) is 12.1 Å². The molecule has 0 saturated heterocycles. The number of fused-ring (bicyclic) bond motifs is 1. The lowest BCUT2D eigenvalue weighted by atomic mass is 10.1. The summed E-state index contributed by atoms with van der Waals surface area (Å²) in [5, 5.41) is 7.47. The zero-order valence-corrected chi connectivity index (χ0v) is 11.2. The molecule has 0 bridgehead atoms. The summed E-state index contributed by atoms with van der Waals surface area (Å²) >= 11 is 0. The van der Waals surface area contributed by atoms with Crippen LogP contribution < -0.4 is 11.5 Å². The van der Waals surface area contributed by atoms with Gasteiger partial charge in [0.15, 0.2) is 5.82 Å². The van der Waals surface area contributed by atoms with Crippen LogP contribution in [0.3, 0.4) is 0 Å². The van der Waals surface area contributed by atoms with Gasteiger partial charge in [-0.2, -0.15) is 13.2 Å². The van der Waals surface area contributed by atoms with E-state index in [1.54, 1.807) is 6.20 Å². The second-order valence-electron chi connectivity index (χ2n) is 4.74. The minimum Gasteiger partial charge on any atom is -0.381 e. The van der Waals surface area contributed by atoms with E-state index in [-0.39, 0.29) is 11.8 Å². The molecule has 0 amide bonds. The molecule has 22 heavy (non-hydrogen) atoms. The Morgan fingerprint density at radius 2 is 1.73 bits per heavy atom. The third-order valence-electron chi connectivity index (χ3n) is 3.16. The van der Waals surface area contributed by atoms with Crippen molar-refractivity contribution in [3.63, 3.8) is 0 Å². The molecule has 9 heteroatoms. The number of nitrogens with two attached hydrogens (primary N) is 2. The van der Waals surface area contributed by atoms with Crippen molar-refractivity contribution >= 4 is 17.4 Å². The number of nitrogen functional groups attached to an aromatic ring is 2.